The van der Waals surface area contributed by atoms with Crippen LogP contribution in [-0.2, 0) is 16.1 Å². The Kier molecular flexibility index (Phi) is 5.69. The van der Waals surface area contributed by atoms with E-state index in [1.807, 2.05) is 11.4 Å². The molecule has 2 rings (SSSR count). The number of thiophene rings is 1. The Balaban J connectivity index is 1.77. The summed E-state index contributed by atoms with van der Waals surface area (Å²) < 4.78 is 11.1. The minimum atomic E-state index is 0.401. The van der Waals surface area contributed by atoms with Gasteiger partial charge in [0.25, 0.3) is 0 Å². The third kappa shape index (κ3) is 4.11. The van der Waals surface area contributed by atoms with Gasteiger partial charge in [0.05, 0.1) is 19.8 Å². The normalized spacial score (nSPS) is 16.3. The van der Waals surface area contributed by atoms with Crippen LogP contribution in [0.15, 0.2) is 11.4 Å². The van der Waals surface area contributed by atoms with Gasteiger partial charge in [0.15, 0.2) is 0 Å². The Morgan fingerprint density at radius 3 is 3.06 bits per heavy atom. The van der Waals surface area contributed by atoms with Crippen LogP contribution in [0, 0.1) is 17.8 Å². The van der Waals surface area contributed by atoms with Crippen LogP contribution in [0.1, 0.15) is 23.3 Å². The van der Waals surface area contributed by atoms with Gasteiger partial charge in [-0.05, 0) is 30.2 Å². The van der Waals surface area contributed by atoms with E-state index < -0.39 is 0 Å². The molecule has 2 N–H and O–H groups in total. The van der Waals surface area contributed by atoms with E-state index in [9.17, 15) is 0 Å². The van der Waals surface area contributed by atoms with E-state index in [1.165, 1.54) is 4.88 Å². The molecule has 0 aromatic carbocycles. The van der Waals surface area contributed by atoms with E-state index in [0.29, 0.717) is 19.1 Å². The number of rotatable bonds is 4. The number of hydrogen-bond donors (Lipinski definition) is 1. The van der Waals surface area contributed by atoms with Crippen LogP contribution in [0.3, 0.4) is 0 Å². The maximum atomic E-state index is 5.79. The van der Waals surface area contributed by atoms with Crippen molar-refractivity contribution in [3.05, 3.63) is 21.9 Å². The lowest BCUT2D eigenvalue weighted by Crippen LogP contribution is -2.20. The summed E-state index contributed by atoms with van der Waals surface area (Å²) in [7, 11) is 0. The standard InChI is InChI=1S/C14H19NO2S/c15-6-1-2-13-5-9-18-14(13)11-17-10-12-3-7-16-8-4-12/h5,9,12H,3-4,6-8,10-11,15H2. The molecule has 2 heterocycles. The maximum absolute atomic E-state index is 5.79. The molecule has 0 aliphatic carbocycles. The largest absolute Gasteiger partial charge is 0.381 e. The highest BCUT2D eigenvalue weighted by atomic mass is 32.1. The second kappa shape index (κ2) is 7.55. The quantitative estimate of drug-likeness (QED) is 0.847. The van der Waals surface area contributed by atoms with Gasteiger partial charge < -0.3 is 15.2 Å². The molecule has 0 saturated carbocycles. The van der Waals surface area contributed by atoms with Crippen molar-refractivity contribution in [1.82, 2.24) is 0 Å². The van der Waals surface area contributed by atoms with E-state index >= 15 is 0 Å². The molecular formula is C14H19NO2S. The second-order valence-electron chi connectivity index (χ2n) is 4.33. The van der Waals surface area contributed by atoms with E-state index in [4.69, 9.17) is 15.2 Å². The number of nitrogens with two attached hydrogens (primary N) is 1. The predicted octanol–water partition coefficient (Wildman–Crippen LogP) is 2.00. The van der Waals surface area contributed by atoms with Crippen molar-refractivity contribution in [2.45, 2.75) is 19.4 Å². The fraction of sp³-hybridized carbons (Fsp3) is 0.571. The minimum absolute atomic E-state index is 0.401. The smallest absolute Gasteiger partial charge is 0.0822 e. The number of hydrogen-bond acceptors (Lipinski definition) is 4. The number of ether oxygens (including phenoxy) is 2. The Morgan fingerprint density at radius 1 is 1.44 bits per heavy atom. The first-order chi connectivity index (χ1) is 8.90. The van der Waals surface area contributed by atoms with Crippen LogP contribution in [0.4, 0.5) is 0 Å². The van der Waals surface area contributed by atoms with Crippen molar-refractivity contribution in [1.29, 1.82) is 0 Å². The van der Waals surface area contributed by atoms with Gasteiger partial charge in [-0.2, -0.15) is 0 Å². The Hall–Kier alpha value is -0.860. The maximum Gasteiger partial charge on any atom is 0.0822 e. The second-order valence-corrected chi connectivity index (χ2v) is 5.33. The molecule has 0 unspecified atom stereocenters. The minimum Gasteiger partial charge on any atom is -0.381 e. The third-order valence-electron chi connectivity index (χ3n) is 3.00. The Labute approximate surface area is 112 Å². The first-order valence-corrected chi connectivity index (χ1v) is 7.19. The van der Waals surface area contributed by atoms with E-state index in [0.717, 1.165) is 38.2 Å². The molecule has 98 valence electrons. The summed E-state index contributed by atoms with van der Waals surface area (Å²) in [5.74, 6) is 6.61. The van der Waals surface area contributed by atoms with E-state index in [2.05, 4.69) is 11.8 Å². The first-order valence-electron chi connectivity index (χ1n) is 6.31. The van der Waals surface area contributed by atoms with Crippen LogP contribution in [0.5, 0.6) is 0 Å². The first kappa shape index (κ1) is 13.6. The van der Waals surface area contributed by atoms with Gasteiger partial charge in [0.2, 0.25) is 0 Å². The van der Waals surface area contributed by atoms with Crippen molar-refractivity contribution >= 4 is 11.3 Å². The van der Waals surface area contributed by atoms with Crippen molar-refractivity contribution in [3.8, 4) is 11.8 Å². The zero-order valence-corrected chi connectivity index (χ0v) is 11.3. The van der Waals surface area contributed by atoms with Gasteiger partial charge in [-0.25, -0.2) is 0 Å². The molecule has 0 amide bonds. The Morgan fingerprint density at radius 2 is 2.28 bits per heavy atom. The molecule has 1 aromatic heterocycles. The SMILES string of the molecule is NCC#Cc1ccsc1COCC1CCOCC1. The van der Waals surface area contributed by atoms with Crippen molar-refractivity contribution in [3.63, 3.8) is 0 Å². The lowest BCUT2D eigenvalue weighted by molar-refractivity contribution is 0.0163. The van der Waals surface area contributed by atoms with Gasteiger partial charge >= 0.3 is 0 Å². The fourth-order valence-corrected chi connectivity index (χ4v) is 2.71. The molecule has 1 saturated heterocycles. The van der Waals surface area contributed by atoms with Gasteiger partial charge in [-0.1, -0.05) is 11.8 Å². The predicted molar refractivity (Wildman–Crippen MR) is 73.5 cm³/mol. The lowest BCUT2D eigenvalue weighted by Gasteiger charge is -2.21. The monoisotopic (exact) mass is 265 g/mol. The molecule has 18 heavy (non-hydrogen) atoms. The average molecular weight is 265 g/mol. The molecule has 1 fully saturated rings. The third-order valence-corrected chi connectivity index (χ3v) is 3.89. The molecule has 1 aliphatic heterocycles. The molecule has 0 atom stereocenters. The topological polar surface area (TPSA) is 44.5 Å². The van der Waals surface area contributed by atoms with Crippen LogP contribution < -0.4 is 5.73 Å². The molecule has 4 heteroatoms. The zero-order valence-electron chi connectivity index (χ0n) is 10.5. The summed E-state index contributed by atoms with van der Waals surface area (Å²) >= 11 is 1.69. The van der Waals surface area contributed by atoms with Crippen molar-refractivity contribution in [2.24, 2.45) is 11.7 Å². The lowest BCUT2D eigenvalue weighted by atomic mass is 10.0. The van der Waals surface area contributed by atoms with Crippen LogP contribution in [0.2, 0.25) is 0 Å². The molecule has 1 aromatic rings. The van der Waals surface area contributed by atoms with Gasteiger partial charge in [-0.3, -0.25) is 0 Å². The summed E-state index contributed by atoms with van der Waals surface area (Å²) in [6.45, 7) is 3.63. The van der Waals surface area contributed by atoms with Crippen LogP contribution in [-0.4, -0.2) is 26.4 Å². The van der Waals surface area contributed by atoms with Crippen molar-refractivity contribution < 1.29 is 9.47 Å². The van der Waals surface area contributed by atoms with Gasteiger partial charge in [-0.15, -0.1) is 11.3 Å². The summed E-state index contributed by atoms with van der Waals surface area (Å²) in [6.07, 6.45) is 2.23. The van der Waals surface area contributed by atoms with Crippen LogP contribution in [0.25, 0.3) is 0 Å². The molecule has 1 aliphatic rings. The average Bonchev–Trinajstić information content (AvgIpc) is 2.85. The zero-order chi connectivity index (χ0) is 12.6. The molecule has 0 radical (unpaired) electrons. The highest BCUT2D eigenvalue weighted by Crippen LogP contribution is 2.19. The molecule has 3 nitrogen and oxygen atoms in total. The highest BCUT2D eigenvalue weighted by molar-refractivity contribution is 7.10. The summed E-state index contributed by atoms with van der Waals surface area (Å²) in [4.78, 5) is 1.20. The Bertz CT molecular complexity index is 413. The summed E-state index contributed by atoms with van der Waals surface area (Å²) in [5.41, 5.74) is 6.43. The fourth-order valence-electron chi connectivity index (χ4n) is 1.94. The van der Waals surface area contributed by atoms with Gasteiger partial charge in [0, 0.05) is 23.7 Å². The van der Waals surface area contributed by atoms with Crippen molar-refractivity contribution in [2.75, 3.05) is 26.4 Å². The van der Waals surface area contributed by atoms with E-state index in [-0.39, 0.29) is 0 Å². The van der Waals surface area contributed by atoms with Crippen LogP contribution >= 0.6 is 11.3 Å². The van der Waals surface area contributed by atoms with E-state index in [1.54, 1.807) is 11.3 Å². The molecule has 0 bridgehead atoms. The summed E-state index contributed by atoms with van der Waals surface area (Å²) in [5, 5.41) is 2.05. The molecule has 0 spiro atoms. The summed E-state index contributed by atoms with van der Waals surface area (Å²) in [6, 6.07) is 2.03. The molecular weight excluding hydrogens is 246 g/mol. The highest BCUT2D eigenvalue weighted by Gasteiger charge is 2.14. The van der Waals surface area contributed by atoms with Gasteiger partial charge in [0.1, 0.15) is 0 Å².